The Kier molecular flexibility index (Phi) is 3.45. The van der Waals surface area contributed by atoms with Gasteiger partial charge in [-0.05, 0) is 31.7 Å². The van der Waals surface area contributed by atoms with Crippen molar-refractivity contribution in [2.45, 2.75) is 19.8 Å². The van der Waals surface area contributed by atoms with Gasteiger partial charge in [0.25, 0.3) is 0 Å². The first kappa shape index (κ1) is 11.8. The van der Waals surface area contributed by atoms with Crippen LogP contribution in [0.5, 0.6) is 0 Å². The highest BCUT2D eigenvalue weighted by atomic mass is 35.5. The van der Waals surface area contributed by atoms with Crippen LogP contribution >= 0.6 is 23.2 Å². The van der Waals surface area contributed by atoms with Gasteiger partial charge in [-0.3, -0.25) is 0 Å². The number of hydrogen-bond donors (Lipinski definition) is 1. The monoisotopic (exact) mass is 259 g/mol. The van der Waals surface area contributed by atoms with Crippen molar-refractivity contribution in [3.63, 3.8) is 0 Å². The SMILES string of the molecule is CCN(CC1CC1)c1nc(N)c(Cl)cc1Cl. The lowest BCUT2D eigenvalue weighted by Gasteiger charge is -2.23. The van der Waals surface area contributed by atoms with Crippen LogP contribution in [-0.4, -0.2) is 18.1 Å². The van der Waals surface area contributed by atoms with E-state index in [2.05, 4.69) is 16.8 Å². The number of rotatable bonds is 4. The predicted molar refractivity (Wildman–Crippen MR) is 69.3 cm³/mol. The zero-order chi connectivity index (χ0) is 11.7. The van der Waals surface area contributed by atoms with Gasteiger partial charge in [0.2, 0.25) is 0 Å². The lowest BCUT2D eigenvalue weighted by Crippen LogP contribution is -2.26. The average Bonchev–Trinajstić information content (AvgIpc) is 3.04. The summed E-state index contributed by atoms with van der Waals surface area (Å²) in [7, 11) is 0. The zero-order valence-electron chi connectivity index (χ0n) is 9.21. The summed E-state index contributed by atoms with van der Waals surface area (Å²) in [4.78, 5) is 6.42. The minimum Gasteiger partial charge on any atom is -0.382 e. The van der Waals surface area contributed by atoms with E-state index in [4.69, 9.17) is 28.9 Å². The average molecular weight is 260 g/mol. The summed E-state index contributed by atoms with van der Waals surface area (Å²) >= 11 is 12.0. The van der Waals surface area contributed by atoms with Crippen molar-refractivity contribution >= 4 is 34.8 Å². The third kappa shape index (κ3) is 2.53. The zero-order valence-corrected chi connectivity index (χ0v) is 10.7. The molecule has 2 rings (SSSR count). The van der Waals surface area contributed by atoms with Crippen molar-refractivity contribution in [3.05, 3.63) is 16.1 Å². The minimum absolute atomic E-state index is 0.343. The van der Waals surface area contributed by atoms with Crippen LogP contribution in [0.15, 0.2) is 6.07 Å². The molecule has 0 aliphatic heterocycles. The van der Waals surface area contributed by atoms with Crippen molar-refractivity contribution in [1.82, 2.24) is 4.98 Å². The molecule has 1 aliphatic carbocycles. The first-order chi connectivity index (χ1) is 7.61. The molecule has 0 amide bonds. The van der Waals surface area contributed by atoms with Crippen LogP contribution in [-0.2, 0) is 0 Å². The van der Waals surface area contributed by atoms with E-state index in [1.807, 2.05) is 0 Å². The van der Waals surface area contributed by atoms with Crippen molar-refractivity contribution in [3.8, 4) is 0 Å². The van der Waals surface area contributed by atoms with Crippen LogP contribution in [0.3, 0.4) is 0 Å². The number of nitrogen functional groups attached to an aromatic ring is 1. The Morgan fingerprint density at radius 1 is 1.44 bits per heavy atom. The van der Waals surface area contributed by atoms with Crippen LogP contribution in [0.25, 0.3) is 0 Å². The maximum absolute atomic E-state index is 6.13. The summed E-state index contributed by atoms with van der Waals surface area (Å²) in [6.45, 7) is 3.97. The molecule has 2 N–H and O–H groups in total. The standard InChI is InChI=1S/C11H15Cl2N3/c1-2-16(6-7-3-4-7)11-9(13)5-8(12)10(14)15-11/h5,7H,2-4,6H2,1H3,(H2,14,15). The smallest absolute Gasteiger partial charge is 0.149 e. The van der Waals surface area contributed by atoms with Gasteiger partial charge in [0.15, 0.2) is 0 Å². The number of aromatic nitrogens is 1. The molecule has 0 saturated heterocycles. The van der Waals surface area contributed by atoms with Gasteiger partial charge in [-0.15, -0.1) is 0 Å². The highest BCUT2D eigenvalue weighted by molar-refractivity contribution is 6.37. The highest BCUT2D eigenvalue weighted by Gasteiger charge is 2.25. The summed E-state index contributed by atoms with van der Waals surface area (Å²) < 4.78 is 0. The Morgan fingerprint density at radius 3 is 2.69 bits per heavy atom. The summed E-state index contributed by atoms with van der Waals surface area (Å²) in [6, 6.07) is 1.66. The van der Waals surface area contributed by atoms with Crippen molar-refractivity contribution < 1.29 is 0 Å². The minimum atomic E-state index is 0.343. The molecule has 0 spiro atoms. The Labute approximate surface area is 106 Å². The summed E-state index contributed by atoms with van der Waals surface area (Å²) in [5, 5.41) is 0.984. The first-order valence-corrected chi connectivity index (χ1v) is 6.24. The molecule has 0 unspecified atom stereocenters. The molecule has 1 aliphatic rings. The van der Waals surface area contributed by atoms with Crippen LogP contribution in [0.1, 0.15) is 19.8 Å². The molecule has 1 aromatic heterocycles. The third-order valence-electron chi connectivity index (χ3n) is 2.79. The van der Waals surface area contributed by atoms with Crippen LogP contribution in [0, 0.1) is 5.92 Å². The second-order valence-electron chi connectivity index (χ2n) is 4.14. The van der Waals surface area contributed by atoms with Crippen molar-refractivity contribution in [1.29, 1.82) is 0 Å². The first-order valence-electron chi connectivity index (χ1n) is 5.48. The Morgan fingerprint density at radius 2 is 2.12 bits per heavy atom. The molecule has 3 nitrogen and oxygen atoms in total. The molecule has 0 radical (unpaired) electrons. The van der Waals surface area contributed by atoms with Gasteiger partial charge in [-0.2, -0.15) is 0 Å². The predicted octanol–water partition coefficient (Wildman–Crippen LogP) is 3.21. The molecule has 1 saturated carbocycles. The highest BCUT2D eigenvalue weighted by Crippen LogP contribution is 2.34. The molecule has 5 heteroatoms. The number of anilines is 2. The fourth-order valence-corrected chi connectivity index (χ4v) is 2.15. The number of nitrogens with two attached hydrogens (primary N) is 1. The molecule has 0 atom stereocenters. The topological polar surface area (TPSA) is 42.2 Å². The molecule has 1 aromatic rings. The van der Waals surface area contributed by atoms with Gasteiger partial charge in [0.05, 0.1) is 10.0 Å². The lowest BCUT2D eigenvalue weighted by molar-refractivity contribution is 0.733. The molecule has 88 valence electrons. The maximum Gasteiger partial charge on any atom is 0.149 e. The second-order valence-corrected chi connectivity index (χ2v) is 4.96. The summed E-state index contributed by atoms with van der Waals surface area (Å²) in [5.41, 5.74) is 5.70. The van der Waals surface area contributed by atoms with Crippen LogP contribution in [0.2, 0.25) is 10.0 Å². The molecule has 1 fully saturated rings. The molecule has 0 bridgehead atoms. The molecule has 1 heterocycles. The molecular formula is C11H15Cl2N3. The van der Waals surface area contributed by atoms with Crippen molar-refractivity contribution in [2.75, 3.05) is 23.7 Å². The molecular weight excluding hydrogens is 245 g/mol. The van der Waals surface area contributed by atoms with Gasteiger partial charge < -0.3 is 10.6 Å². The van der Waals surface area contributed by atoms with E-state index >= 15 is 0 Å². The summed E-state index contributed by atoms with van der Waals surface area (Å²) in [6.07, 6.45) is 2.61. The van der Waals surface area contributed by atoms with Gasteiger partial charge in [0.1, 0.15) is 11.6 Å². The number of pyridine rings is 1. The van der Waals surface area contributed by atoms with E-state index in [9.17, 15) is 0 Å². The second kappa shape index (κ2) is 4.68. The van der Waals surface area contributed by atoms with E-state index in [0.717, 1.165) is 24.8 Å². The molecule has 16 heavy (non-hydrogen) atoms. The number of nitrogens with zero attached hydrogens (tertiary/aromatic N) is 2. The van der Waals surface area contributed by atoms with E-state index in [1.165, 1.54) is 12.8 Å². The van der Waals surface area contributed by atoms with Crippen LogP contribution in [0.4, 0.5) is 11.6 Å². The third-order valence-corrected chi connectivity index (χ3v) is 3.38. The summed E-state index contributed by atoms with van der Waals surface area (Å²) in [5.74, 6) is 1.88. The van der Waals surface area contributed by atoms with Gasteiger partial charge in [-0.1, -0.05) is 23.2 Å². The Balaban J connectivity index is 2.25. The molecule has 0 aromatic carbocycles. The van der Waals surface area contributed by atoms with E-state index in [1.54, 1.807) is 6.07 Å². The van der Waals surface area contributed by atoms with E-state index < -0.39 is 0 Å². The fourth-order valence-electron chi connectivity index (χ4n) is 1.67. The number of halogens is 2. The van der Waals surface area contributed by atoms with Crippen LogP contribution < -0.4 is 10.6 Å². The maximum atomic E-state index is 6.13. The fraction of sp³-hybridized carbons (Fsp3) is 0.545. The Hall–Kier alpha value is -0.670. The van der Waals surface area contributed by atoms with Gasteiger partial charge in [-0.25, -0.2) is 4.98 Å². The van der Waals surface area contributed by atoms with Gasteiger partial charge in [0, 0.05) is 13.1 Å². The van der Waals surface area contributed by atoms with E-state index in [-0.39, 0.29) is 0 Å². The lowest BCUT2D eigenvalue weighted by atomic mass is 10.3. The van der Waals surface area contributed by atoms with Crippen molar-refractivity contribution in [2.24, 2.45) is 5.92 Å². The number of hydrogen-bond acceptors (Lipinski definition) is 3. The van der Waals surface area contributed by atoms with Gasteiger partial charge >= 0.3 is 0 Å². The largest absolute Gasteiger partial charge is 0.382 e. The Bertz CT molecular complexity index is 391. The van der Waals surface area contributed by atoms with E-state index in [0.29, 0.717) is 15.9 Å². The normalized spacial score (nSPS) is 15.2. The quantitative estimate of drug-likeness (QED) is 0.903.